The van der Waals surface area contributed by atoms with Gasteiger partial charge < -0.3 is 10.1 Å². The molecule has 1 N–H and O–H groups in total. The summed E-state index contributed by atoms with van der Waals surface area (Å²) >= 11 is 0. The Kier molecular flexibility index (Phi) is 3.22. The number of nitrogens with one attached hydrogen (secondary N) is 1. The van der Waals surface area contributed by atoms with Crippen LogP contribution in [0.4, 0.5) is 11.6 Å². The van der Waals surface area contributed by atoms with Gasteiger partial charge in [-0.1, -0.05) is 6.92 Å². The van der Waals surface area contributed by atoms with Crippen LogP contribution in [-0.4, -0.2) is 26.9 Å². The van der Waals surface area contributed by atoms with Crippen LogP contribution in [0.3, 0.4) is 0 Å². The zero-order valence-electron chi connectivity index (χ0n) is 10.1. The van der Waals surface area contributed by atoms with Crippen LogP contribution in [0.15, 0.2) is 18.5 Å². The third-order valence-electron chi connectivity index (χ3n) is 2.33. The molecule has 0 atom stereocenters. The van der Waals surface area contributed by atoms with Gasteiger partial charge in [-0.15, -0.1) is 0 Å². The molecule has 6 heteroatoms. The molecule has 0 radical (unpaired) electrons. The van der Waals surface area contributed by atoms with Crippen molar-refractivity contribution in [3.63, 3.8) is 0 Å². The molecule has 0 spiro atoms. The van der Waals surface area contributed by atoms with Crippen molar-refractivity contribution >= 4 is 11.6 Å². The number of hydrogen-bond donors (Lipinski definition) is 1. The summed E-state index contributed by atoms with van der Waals surface area (Å²) in [5.41, 5.74) is 1.90. The molecule has 0 bridgehead atoms. The molecule has 0 aromatic carbocycles. The maximum Gasteiger partial charge on any atom is 0.230 e. The number of aromatic nitrogens is 4. The van der Waals surface area contributed by atoms with E-state index in [1.54, 1.807) is 24.1 Å². The normalized spacial score (nSPS) is 10.3. The first kappa shape index (κ1) is 11.4. The number of nitrogens with zero attached hydrogens (tertiary/aromatic N) is 4. The molecule has 2 aromatic heterocycles. The lowest BCUT2D eigenvalue weighted by atomic mass is 10.3. The van der Waals surface area contributed by atoms with Gasteiger partial charge in [0.1, 0.15) is 0 Å². The van der Waals surface area contributed by atoms with E-state index >= 15 is 0 Å². The predicted octanol–water partition coefficient (Wildman–Crippen LogP) is 1.52. The Morgan fingerprint density at radius 2 is 2.29 bits per heavy atom. The van der Waals surface area contributed by atoms with E-state index < -0.39 is 0 Å². The van der Waals surface area contributed by atoms with Crippen LogP contribution in [-0.2, 0) is 13.5 Å². The van der Waals surface area contributed by atoms with E-state index in [2.05, 4.69) is 27.3 Å². The van der Waals surface area contributed by atoms with Gasteiger partial charge in [0.05, 0.1) is 18.5 Å². The summed E-state index contributed by atoms with van der Waals surface area (Å²) in [6, 6.07) is 1.70. The van der Waals surface area contributed by atoms with Crippen LogP contribution < -0.4 is 10.1 Å². The largest absolute Gasteiger partial charge is 0.481 e. The molecule has 2 heterocycles. The number of methoxy groups -OCH3 is 1. The molecular formula is C11H15N5O. The van der Waals surface area contributed by atoms with Crippen molar-refractivity contribution in [3.8, 4) is 5.88 Å². The van der Waals surface area contributed by atoms with Crippen LogP contribution >= 0.6 is 0 Å². The molecule has 0 saturated heterocycles. The third-order valence-corrected chi connectivity index (χ3v) is 2.33. The summed E-state index contributed by atoms with van der Waals surface area (Å²) in [5, 5.41) is 7.47. The summed E-state index contributed by atoms with van der Waals surface area (Å²) in [4.78, 5) is 8.32. The lowest BCUT2D eigenvalue weighted by Gasteiger charge is -2.04. The van der Waals surface area contributed by atoms with Crippen molar-refractivity contribution in [1.29, 1.82) is 0 Å². The van der Waals surface area contributed by atoms with Crippen molar-refractivity contribution in [2.75, 3.05) is 12.4 Å². The zero-order valence-corrected chi connectivity index (χ0v) is 10.1. The van der Waals surface area contributed by atoms with E-state index in [1.165, 1.54) is 0 Å². The van der Waals surface area contributed by atoms with E-state index in [9.17, 15) is 0 Å². The Bertz CT molecular complexity index is 508. The van der Waals surface area contributed by atoms with Gasteiger partial charge in [0.25, 0.3) is 0 Å². The number of ether oxygens (including phenoxy) is 1. The van der Waals surface area contributed by atoms with Crippen LogP contribution in [0.25, 0.3) is 0 Å². The molecule has 2 rings (SSSR count). The van der Waals surface area contributed by atoms with Crippen molar-refractivity contribution in [3.05, 3.63) is 24.2 Å². The molecule has 0 amide bonds. The van der Waals surface area contributed by atoms with Crippen molar-refractivity contribution < 1.29 is 4.74 Å². The highest BCUT2D eigenvalue weighted by Crippen LogP contribution is 2.18. The average Bonchev–Trinajstić information content (AvgIpc) is 2.69. The van der Waals surface area contributed by atoms with Crippen molar-refractivity contribution in [2.24, 2.45) is 7.05 Å². The molecular weight excluding hydrogens is 218 g/mol. The lowest BCUT2D eigenvalue weighted by molar-refractivity contribution is 0.397. The Morgan fingerprint density at radius 1 is 1.47 bits per heavy atom. The summed E-state index contributed by atoms with van der Waals surface area (Å²) in [7, 11) is 3.46. The van der Waals surface area contributed by atoms with E-state index in [1.807, 2.05) is 13.2 Å². The summed E-state index contributed by atoms with van der Waals surface area (Å²) in [6.07, 6.45) is 4.41. The molecule has 6 nitrogen and oxygen atoms in total. The lowest BCUT2D eigenvalue weighted by Crippen LogP contribution is -1.99. The number of hydrogen-bond acceptors (Lipinski definition) is 5. The monoisotopic (exact) mass is 233 g/mol. The first-order chi connectivity index (χ1) is 8.22. The van der Waals surface area contributed by atoms with Gasteiger partial charge in [0, 0.05) is 25.5 Å². The van der Waals surface area contributed by atoms with Gasteiger partial charge in [-0.3, -0.25) is 4.68 Å². The first-order valence-corrected chi connectivity index (χ1v) is 5.39. The topological polar surface area (TPSA) is 64.9 Å². The third kappa shape index (κ3) is 2.52. The van der Waals surface area contributed by atoms with E-state index in [-0.39, 0.29) is 0 Å². The summed E-state index contributed by atoms with van der Waals surface area (Å²) < 4.78 is 6.81. The van der Waals surface area contributed by atoms with Crippen LogP contribution in [0.5, 0.6) is 5.88 Å². The zero-order chi connectivity index (χ0) is 12.3. The SMILES string of the molecule is CCc1nn(C)cc1Nc1nccc(OC)n1. The number of anilines is 2. The second kappa shape index (κ2) is 4.82. The van der Waals surface area contributed by atoms with Crippen LogP contribution in [0.1, 0.15) is 12.6 Å². The average molecular weight is 233 g/mol. The minimum absolute atomic E-state index is 0.507. The fourth-order valence-electron chi connectivity index (χ4n) is 1.54. The van der Waals surface area contributed by atoms with Crippen LogP contribution in [0.2, 0.25) is 0 Å². The predicted molar refractivity (Wildman–Crippen MR) is 64.5 cm³/mol. The highest BCUT2D eigenvalue weighted by Gasteiger charge is 2.07. The molecule has 90 valence electrons. The second-order valence-corrected chi connectivity index (χ2v) is 3.56. The molecule has 0 aliphatic heterocycles. The highest BCUT2D eigenvalue weighted by molar-refractivity contribution is 5.55. The maximum absolute atomic E-state index is 5.04. The second-order valence-electron chi connectivity index (χ2n) is 3.56. The minimum atomic E-state index is 0.507. The molecule has 0 saturated carbocycles. The van der Waals surface area contributed by atoms with Gasteiger partial charge in [-0.2, -0.15) is 10.1 Å². The standard InChI is InChI=1S/C11H15N5O/c1-4-8-9(7-16(2)15-8)13-11-12-6-5-10(14-11)17-3/h5-7H,4H2,1-3H3,(H,12,13,14). The maximum atomic E-state index is 5.04. The van der Waals surface area contributed by atoms with Gasteiger partial charge in [0.2, 0.25) is 11.8 Å². The molecule has 0 unspecified atom stereocenters. The van der Waals surface area contributed by atoms with Gasteiger partial charge in [-0.05, 0) is 6.42 Å². The Morgan fingerprint density at radius 3 is 3.00 bits per heavy atom. The fraction of sp³-hybridized carbons (Fsp3) is 0.364. The molecule has 2 aromatic rings. The van der Waals surface area contributed by atoms with Gasteiger partial charge in [-0.25, -0.2) is 4.98 Å². The van der Waals surface area contributed by atoms with Gasteiger partial charge >= 0.3 is 0 Å². The minimum Gasteiger partial charge on any atom is -0.481 e. The molecule has 0 fully saturated rings. The first-order valence-electron chi connectivity index (χ1n) is 5.39. The molecule has 17 heavy (non-hydrogen) atoms. The fourth-order valence-corrected chi connectivity index (χ4v) is 1.54. The van der Waals surface area contributed by atoms with Crippen LogP contribution in [0, 0.1) is 0 Å². The Hall–Kier alpha value is -2.11. The molecule has 0 aliphatic carbocycles. The van der Waals surface area contributed by atoms with E-state index in [0.717, 1.165) is 17.8 Å². The quantitative estimate of drug-likeness (QED) is 0.867. The molecule has 0 aliphatic rings. The van der Waals surface area contributed by atoms with Gasteiger partial charge in [0.15, 0.2) is 0 Å². The van der Waals surface area contributed by atoms with E-state index in [4.69, 9.17) is 4.74 Å². The smallest absolute Gasteiger partial charge is 0.230 e. The van der Waals surface area contributed by atoms with Crippen molar-refractivity contribution in [2.45, 2.75) is 13.3 Å². The summed E-state index contributed by atoms with van der Waals surface area (Å²) in [6.45, 7) is 2.06. The van der Waals surface area contributed by atoms with E-state index in [0.29, 0.717) is 11.8 Å². The summed E-state index contributed by atoms with van der Waals surface area (Å²) in [5.74, 6) is 1.04. The highest BCUT2D eigenvalue weighted by atomic mass is 16.5. The van der Waals surface area contributed by atoms with Crippen molar-refractivity contribution in [1.82, 2.24) is 19.7 Å². The number of aryl methyl sites for hydroxylation is 2. The Labute approximate surface area is 99.7 Å². The Balaban J connectivity index is 2.24. The number of rotatable bonds is 4.